The Bertz CT molecular complexity index is 988. The van der Waals surface area contributed by atoms with Crippen LogP contribution in [0.2, 0.25) is 5.02 Å². The van der Waals surface area contributed by atoms with Gasteiger partial charge in [-0.2, -0.15) is 4.52 Å². The van der Waals surface area contributed by atoms with Crippen molar-refractivity contribution in [3.05, 3.63) is 29.4 Å². The van der Waals surface area contributed by atoms with Crippen LogP contribution >= 0.6 is 22.9 Å². The number of hydrogen-bond acceptors (Lipinski definition) is 6. The van der Waals surface area contributed by atoms with E-state index in [1.807, 2.05) is 12.1 Å². The van der Waals surface area contributed by atoms with E-state index in [2.05, 4.69) is 10.1 Å². The van der Waals surface area contributed by atoms with Gasteiger partial charge in [-0.15, -0.1) is 5.10 Å². The van der Waals surface area contributed by atoms with Crippen LogP contribution in [0.4, 0.5) is 0 Å². The van der Waals surface area contributed by atoms with Gasteiger partial charge in [0.05, 0.1) is 25.4 Å². The second-order valence-electron chi connectivity index (χ2n) is 4.55. The molecule has 4 aromatic rings. The summed E-state index contributed by atoms with van der Waals surface area (Å²) >= 11 is 7.51. The van der Waals surface area contributed by atoms with E-state index in [0.717, 1.165) is 16.0 Å². The van der Waals surface area contributed by atoms with E-state index in [1.54, 1.807) is 31.0 Å². The number of imidazole rings is 1. The maximum atomic E-state index is 6.14. The average molecular weight is 336 g/mol. The minimum atomic E-state index is 0.538. The van der Waals surface area contributed by atoms with Crippen molar-refractivity contribution >= 4 is 38.9 Å². The Labute approximate surface area is 133 Å². The summed E-state index contributed by atoms with van der Waals surface area (Å²) in [5, 5.41) is 6.30. The molecule has 0 aliphatic rings. The Hall–Kier alpha value is -2.25. The molecule has 6 nitrogen and oxygen atoms in total. The zero-order valence-electron chi connectivity index (χ0n) is 11.7. The van der Waals surface area contributed by atoms with Crippen LogP contribution < -0.4 is 9.47 Å². The molecule has 112 valence electrons. The SMILES string of the molecule is COc1nn2c(-c3cc4cc(Cl)c(OC)cc4o3)cnc2s1. The molecule has 0 saturated carbocycles. The molecule has 0 atom stereocenters. The third-order valence-corrected chi connectivity index (χ3v) is 4.46. The van der Waals surface area contributed by atoms with E-state index >= 15 is 0 Å². The molecule has 0 spiro atoms. The Morgan fingerprint density at radius 3 is 2.86 bits per heavy atom. The fourth-order valence-corrected chi connectivity index (χ4v) is 3.19. The lowest BCUT2D eigenvalue weighted by Gasteiger charge is -2.00. The highest BCUT2D eigenvalue weighted by Crippen LogP contribution is 2.35. The number of furan rings is 1. The lowest BCUT2D eigenvalue weighted by Crippen LogP contribution is -1.88. The summed E-state index contributed by atoms with van der Waals surface area (Å²) in [6.45, 7) is 0. The van der Waals surface area contributed by atoms with Gasteiger partial charge in [-0.1, -0.05) is 11.6 Å². The van der Waals surface area contributed by atoms with Crippen molar-refractivity contribution in [2.45, 2.75) is 0 Å². The van der Waals surface area contributed by atoms with Crippen molar-refractivity contribution < 1.29 is 13.9 Å². The number of nitrogens with zero attached hydrogens (tertiary/aromatic N) is 3. The predicted octanol–water partition coefficient (Wildman–Crippen LogP) is 3.87. The largest absolute Gasteiger partial charge is 0.495 e. The molecule has 3 heterocycles. The van der Waals surface area contributed by atoms with Gasteiger partial charge in [0.15, 0.2) is 5.76 Å². The molecular formula is C14H10ClN3O3S. The summed E-state index contributed by atoms with van der Waals surface area (Å²) in [5.41, 5.74) is 1.44. The van der Waals surface area contributed by atoms with Gasteiger partial charge in [0.25, 0.3) is 5.19 Å². The highest BCUT2D eigenvalue weighted by molar-refractivity contribution is 7.18. The topological polar surface area (TPSA) is 61.8 Å². The van der Waals surface area contributed by atoms with Crippen molar-refractivity contribution in [3.8, 4) is 22.4 Å². The fourth-order valence-electron chi connectivity index (χ4n) is 2.25. The molecule has 0 saturated heterocycles. The van der Waals surface area contributed by atoms with Crippen molar-refractivity contribution in [3.63, 3.8) is 0 Å². The van der Waals surface area contributed by atoms with Gasteiger partial charge in [-0.05, 0) is 23.5 Å². The molecule has 0 radical (unpaired) electrons. The van der Waals surface area contributed by atoms with Gasteiger partial charge in [0, 0.05) is 11.5 Å². The highest BCUT2D eigenvalue weighted by atomic mass is 35.5. The molecular weight excluding hydrogens is 326 g/mol. The summed E-state index contributed by atoms with van der Waals surface area (Å²) in [6, 6.07) is 5.47. The number of ether oxygens (including phenoxy) is 2. The first-order valence-electron chi connectivity index (χ1n) is 6.35. The maximum absolute atomic E-state index is 6.14. The average Bonchev–Trinajstić information content (AvgIpc) is 3.18. The summed E-state index contributed by atoms with van der Waals surface area (Å²) in [5.74, 6) is 1.23. The molecule has 0 aliphatic heterocycles. The first-order valence-corrected chi connectivity index (χ1v) is 7.55. The Balaban J connectivity index is 1.90. The summed E-state index contributed by atoms with van der Waals surface area (Å²) in [7, 11) is 3.15. The van der Waals surface area contributed by atoms with Gasteiger partial charge in [0.2, 0.25) is 4.96 Å². The molecule has 0 amide bonds. The fraction of sp³-hybridized carbons (Fsp3) is 0.143. The smallest absolute Gasteiger partial charge is 0.294 e. The highest BCUT2D eigenvalue weighted by Gasteiger charge is 2.16. The molecule has 0 unspecified atom stereocenters. The van der Waals surface area contributed by atoms with Crippen LogP contribution in [-0.4, -0.2) is 28.8 Å². The Kier molecular flexibility index (Phi) is 2.98. The Morgan fingerprint density at radius 2 is 2.09 bits per heavy atom. The lowest BCUT2D eigenvalue weighted by atomic mass is 10.2. The van der Waals surface area contributed by atoms with Crippen molar-refractivity contribution in [1.82, 2.24) is 14.6 Å². The molecule has 1 aromatic carbocycles. The summed E-state index contributed by atoms with van der Waals surface area (Å²) in [4.78, 5) is 5.05. The lowest BCUT2D eigenvalue weighted by molar-refractivity contribution is 0.405. The van der Waals surface area contributed by atoms with Gasteiger partial charge >= 0.3 is 0 Å². The van der Waals surface area contributed by atoms with Crippen LogP contribution in [0.3, 0.4) is 0 Å². The van der Waals surface area contributed by atoms with Crippen LogP contribution in [0.15, 0.2) is 28.8 Å². The zero-order chi connectivity index (χ0) is 15.3. The molecule has 4 rings (SSSR count). The molecule has 22 heavy (non-hydrogen) atoms. The first kappa shape index (κ1) is 13.4. The van der Waals surface area contributed by atoms with Gasteiger partial charge in [-0.3, -0.25) is 0 Å². The molecule has 0 aliphatic carbocycles. The number of halogens is 1. The second kappa shape index (κ2) is 4.89. The predicted molar refractivity (Wildman–Crippen MR) is 84.2 cm³/mol. The van der Waals surface area contributed by atoms with E-state index in [1.165, 1.54) is 11.3 Å². The van der Waals surface area contributed by atoms with E-state index in [9.17, 15) is 0 Å². The number of fused-ring (bicyclic) bond motifs is 2. The second-order valence-corrected chi connectivity index (χ2v) is 5.87. The van der Waals surface area contributed by atoms with Crippen LogP contribution in [0.5, 0.6) is 10.9 Å². The third kappa shape index (κ3) is 1.93. The molecule has 0 N–H and O–H groups in total. The van der Waals surface area contributed by atoms with Crippen molar-refractivity contribution in [1.29, 1.82) is 0 Å². The number of benzene rings is 1. The van der Waals surface area contributed by atoms with E-state index in [0.29, 0.717) is 27.3 Å². The molecule has 0 bridgehead atoms. The van der Waals surface area contributed by atoms with Crippen LogP contribution in [0.1, 0.15) is 0 Å². The molecule has 3 aromatic heterocycles. The standard InChI is InChI=1S/C14H10ClN3O3S/c1-19-11-5-10-7(3-8(11)15)4-12(21-10)9-6-16-13-18(9)17-14(20-2)22-13/h3-6H,1-2H3. The van der Waals surface area contributed by atoms with Crippen molar-refractivity contribution in [2.75, 3.05) is 14.2 Å². The van der Waals surface area contributed by atoms with Crippen LogP contribution in [0, 0.1) is 0 Å². The number of hydrogen-bond donors (Lipinski definition) is 0. The van der Waals surface area contributed by atoms with Crippen molar-refractivity contribution in [2.24, 2.45) is 0 Å². The number of rotatable bonds is 3. The first-order chi connectivity index (χ1) is 10.7. The van der Waals surface area contributed by atoms with Gasteiger partial charge in [-0.25, -0.2) is 4.98 Å². The zero-order valence-corrected chi connectivity index (χ0v) is 13.2. The maximum Gasteiger partial charge on any atom is 0.294 e. The van der Waals surface area contributed by atoms with Crippen LogP contribution in [0.25, 0.3) is 27.4 Å². The number of aromatic nitrogens is 3. The summed E-state index contributed by atoms with van der Waals surface area (Å²) < 4.78 is 17.9. The third-order valence-electron chi connectivity index (χ3n) is 3.28. The van der Waals surface area contributed by atoms with Gasteiger partial charge < -0.3 is 13.9 Å². The normalized spacial score (nSPS) is 11.4. The number of methoxy groups -OCH3 is 2. The van der Waals surface area contributed by atoms with E-state index in [-0.39, 0.29) is 0 Å². The summed E-state index contributed by atoms with van der Waals surface area (Å²) in [6.07, 6.45) is 1.72. The quantitative estimate of drug-likeness (QED) is 0.568. The van der Waals surface area contributed by atoms with Gasteiger partial charge in [0.1, 0.15) is 17.0 Å². The Morgan fingerprint density at radius 1 is 1.23 bits per heavy atom. The monoisotopic (exact) mass is 335 g/mol. The molecule has 0 fully saturated rings. The molecule has 8 heteroatoms. The van der Waals surface area contributed by atoms with Crippen LogP contribution in [-0.2, 0) is 0 Å². The minimum absolute atomic E-state index is 0.538. The van der Waals surface area contributed by atoms with E-state index < -0.39 is 0 Å². The van der Waals surface area contributed by atoms with E-state index in [4.69, 9.17) is 25.5 Å². The minimum Gasteiger partial charge on any atom is -0.495 e.